The highest BCUT2D eigenvalue weighted by Gasteiger charge is 2.16. The molecule has 2 heterocycles. The van der Waals surface area contributed by atoms with Gasteiger partial charge >= 0.3 is 5.69 Å². The van der Waals surface area contributed by atoms with E-state index >= 15 is 0 Å². The van der Waals surface area contributed by atoms with E-state index in [1.807, 2.05) is 18.2 Å². The Balaban J connectivity index is 0.000000271. The minimum Gasteiger partial charge on any atom is -0.369 e. The Hall–Kier alpha value is -2.58. The number of nitrogens with two attached hydrogens (primary N) is 2. The monoisotopic (exact) mass is 404 g/mol. The van der Waals surface area contributed by atoms with Gasteiger partial charge in [0, 0.05) is 18.1 Å². The maximum Gasteiger partial charge on any atom is 0.329 e. The van der Waals surface area contributed by atoms with Crippen molar-refractivity contribution < 1.29 is 0 Å². The third kappa shape index (κ3) is 4.28. The number of anilines is 1. The molecule has 2 aromatic heterocycles. The van der Waals surface area contributed by atoms with Gasteiger partial charge in [0.05, 0.1) is 6.54 Å². The first kappa shape index (κ1) is 20.2. The van der Waals surface area contributed by atoms with E-state index in [1.165, 1.54) is 48.3 Å². The highest BCUT2D eigenvalue weighted by Crippen LogP contribution is 2.20. The molecule has 0 amide bonds. The zero-order valence-electron chi connectivity index (χ0n) is 15.8. The number of imidazole rings is 1. The normalized spacial score (nSPS) is 14.7. The van der Waals surface area contributed by atoms with Crippen molar-refractivity contribution in [2.24, 2.45) is 12.8 Å². The lowest BCUT2D eigenvalue weighted by Crippen LogP contribution is -2.29. The van der Waals surface area contributed by atoms with Gasteiger partial charge in [-0.1, -0.05) is 49.1 Å². The molecule has 0 aliphatic heterocycles. The fourth-order valence-electron chi connectivity index (χ4n) is 3.34. The van der Waals surface area contributed by atoms with Crippen LogP contribution in [-0.2, 0) is 13.6 Å². The molecule has 1 fully saturated rings. The van der Waals surface area contributed by atoms with Crippen LogP contribution in [0.15, 0.2) is 33.9 Å². The molecule has 4 rings (SSSR count). The number of nitrogen functional groups attached to an aromatic ring is 1. The van der Waals surface area contributed by atoms with Gasteiger partial charge in [0.15, 0.2) is 11.2 Å². The molecule has 9 heteroatoms. The fraction of sp³-hybridized carbons (Fsp3) is 0.421. The summed E-state index contributed by atoms with van der Waals surface area (Å²) in [6.07, 6.45) is 6.66. The molecule has 1 aliphatic carbocycles. The van der Waals surface area contributed by atoms with Gasteiger partial charge in [0.1, 0.15) is 0 Å². The van der Waals surface area contributed by atoms with E-state index in [4.69, 9.17) is 23.1 Å². The van der Waals surface area contributed by atoms with Gasteiger partial charge in [-0.2, -0.15) is 4.98 Å². The van der Waals surface area contributed by atoms with Crippen LogP contribution in [0.4, 0.5) is 5.95 Å². The lowest BCUT2D eigenvalue weighted by molar-refractivity contribution is 0.441. The third-order valence-electron chi connectivity index (χ3n) is 4.97. The van der Waals surface area contributed by atoms with Crippen molar-refractivity contribution in [2.45, 2.75) is 44.7 Å². The van der Waals surface area contributed by atoms with Crippen molar-refractivity contribution in [2.75, 3.05) is 5.73 Å². The predicted octanol–water partition coefficient (Wildman–Crippen LogP) is 1.98. The number of aromatic amines is 1. The molecule has 1 aliphatic rings. The Kier molecular flexibility index (Phi) is 6.21. The largest absolute Gasteiger partial charge is 0.369 e. The summed E-state index contributed by atoms with van der Waals surface area (Å²) in [6, 6.07) is 7.79. The summed E-state index contributed by atoms with van der Waals surface area (Å²) >= 11 is 6.13. The molecular weight excluding hydrogens is 380 g/mol. The van der Waals surface area contributed by atoms with Crippen LogP contribution >= 0.6 is 11.6 Å². The van der Waals surface area contributed by atoms with Crippen molar-refractivity contribution in [3.63, 3.8) is 0 Å². The first-order chi connectivity index (χ1) is 13.4. The van der Waals surface area contributed by atoms with Gasteiger partial charge in [-0.05, 0) is 24.5 Å². The van der Waals surface area contributed by atoms with Crippen LogP contribution in [0.1, 0.15) is 37.7 Å². The Labute approximate surface area is 167 Å². The maximum absolute atomic E-state index is 12.0. The lowest BCUT2D eigenvalue weighted by Gasteiger charge is -2.15. The van der Waals surface area contributed by atoms with Crippen molar-refractivity contribution in [1.82, 2.24) is 19.1 Å². The van der Waals surface area contributed by atoms with Gasteiger partial charge in [0.25, 0.3) is 5.56 Å². The van der Waals surface area contributed by atoms with Gasteiger partial charge < -0.3 is 16.0 Å². The van der Waals surface area contributed by atoms with E-state index in [9.17, 15) is 9.59 Å². The molecule has 0 radical (unpaired) electrons. The van der Waals surface area contributed by atoms with Crippen LogP contribution in [0.25, 0.3) is 11.2 Å². The highest BCUT2D eigenvalue weighted by molar-refractivity contribution is 6.31. The molecule has 0 atom stereocenters. The van der Waals surface area contributed by atoms with Crippen LogP contribution in [0.5, 0.6) is 0 Å². The number of nitrogens with zero attached hydrogens (tertiary/aromatic N) is 3. The Morgan fingerprint density at radius 3 is 2.50 bits per heavy atom. The number of hydrogen-bond donors (Lipinski definition) is 3. The van der Waals surface area contributed by atoms with E-state index in [2.05, 4.69) is 9.97 Å². The van der Waals surface area contributed by atoms with Crippen molar-refractivity contribution >= 4 is 28.7 Å². The number of aryl methyl sites for hydroxylation is 1. The lowest BCUT2D eigenvalue weighted by atomic mass is 9.97. The number of rotatable bonds is 2. The van der Waals surface area contributed by atoms with Gasteiger partial charge in [-0.3, -0.25) is 14.3 Å². The molecule has 5 N–H and O–H groups in total. The summed E-state index contributed by atoms with van der Waals surface area (Å²) in [5.74, 6) is 0.150. The number of nitrogens with one attached hydrogen (secondary N) is 1. The Morgan fingerprint density at radius 2 is 1.89 bits per heavy atom. The molecule has 8 nitrogen and oxygen atoms in total. The zero-order valence-corrected chi connectivity index (χ0v) is 16.6. The Morgan fingerprint density at radius 1 is 1.21 bits per heavy atom. The molecule has 1 aromatic carbocycles. The number of fused-ring (bicyclic) bond motifs is 1. The van der Waals surface area contributed by atoms with Crippen LogP contribution in [0.2, 0.25) is 5.02 Å². The SMILES string of the molecule is Cn1c(=O)[nH]c(=O)c2c1nc(N)n2Cc1ccccc1Cl.NC1CCCCC1. The van der Waals surface area contributed by atoms with Gasteiger partial charge in [0.2, 0.25) is 5.95 Å². The van der Waals surface area contributed by atoms with Crippen LogP contribution in [0, 0.1) is 0 Å². The molecule has 150 valence electrons. The number of hydrogen-bond acceptors (Lipinski definition) is 5. The summed E-state index contributed by atoms with van der Waals surface area (Å²) in [6.45, 7) is 0.295. The third-order valence-corrected chi connectivity index (χ3v) is 5.34. The summed E-state index contributed by atoms with van der Waals surface area (Å²) in [7, 11) is 1.52. The number of benzene rings is 1. The van der Waals surface area contributed by atoms with E-state index in [0.717, 1.165) is 5.56 Å². The number of aromatic nitrogens is 4. The standard InChI is InChI=1S/C13H12ClN5O2.C6H13N/c1-18-10-9(11(20)17-13(18)21)19(12(15)16-10)6-7-4-2-3-5-8(7)14;7-6-4-2-1-3-5-6/h2-5H,6H2,1H3,(H2,15,16)(H,17,20,21);6H,1-5,7H2. The molecular formula is C19H25ClN6O2. The average Bonchev–Trinajstić information content (AvgIpc) is 3.00. The maximum atomic E-state index is 12.0. The summed E-state index contributed by atoms with van der Waals surface area (Å²) < 4.78 is 2.78. The van der Waals surface area contributed by atoms with Crippen LogP contribution in [0.3, 0.4) is 0 Å². The first-order valence-electron chi connectivity index (χ1n) is 9.32. The topological polar surface area (TPSA) is 125 Å². The summed E-state index contributed by atoms with van der Waals surface area (Å²) in [5.41, 5.74) is 11.8. The summed E-state index contributed by atoms with van der Waals surface area (Å²) in [5, 5.41) is 0.569. The predicted molar refractivity (Wildman–Crippen MR) is 112 cm³/mol. The molecule has 3 aromatic rings. The second-order valence-electron chi connectivity index (χ2n) is 7.04. The molecule has 0 saturated heterocycles. The van der Waals surface area contributed by atoms with Crippen molar-refractivity contribution in [3.05, 3.63) is 55.7 Å². The highest BCUT2D eigenvalue weighted by atomic mass is 35.5. The average molecular weight is 405 g/mol. The number of H-pyrrole nitrogens is 1. The van der Waals surface area contributed by atoms with E-state index < -0.39 is 11.2 Å². The fourth-order valence-corrected chi connectivity index (χ4v) is 3.54. The second-order valence-corrected chi connectivity index (χ2v) is 7.44. The Bertz CT molecular complexity index is 1080. The minimum absolute atomic E-state index is 0.150. The van der Waals surface area contributed by atoms with Crippen LogP contribution in [-0.4, -0.2) is 25.1 Å². The smallest absolute Gasteiger partial charge is 0.329 e. The molecule has 0 spiro atoms. The molecule has 0 bridgehead atoms. The van der Waals surface area contributed by atoms with E-state index in [-0.39, 0.29) is 17.1 Å². The second kappa shape index (κ2) is 8.62. The van der Waals surface area contributed by atoms with E-state index in [1.54, 1.807) is 6.07 Å². The molecule has 0 unspecified atom stereocenters. The quantitative estimate of drug-likeness (QED) is 0.602. The molecule has 1 saturated carbocycles. The summed E-state index contributed by atoms with van der Waals surface area (Å²) in [4.78, 5) is 30.0. The van der Waals surface area contributed by atoms with Gasteiger partial charge in [-0.25, -0.2) is 4.79 Å². The number of halogens is 1. The van der Waals surface area contributed by atoms with E-state index in [0.29, 0.717) is 17.6 Å². The minimum atomic E-state index is -0.533. The zero-order chi connectivity index (χ0) is 20.3. The van der Waals surface area contributed by atoms with Gasteiger partial charge in [-0.15, -0.1) is 0 Å². The molecule has 28 heavy (non-hydrogen) atoms. The van der Waals surface area contributed by atoms with Crippen LogP contribution < -0.4 is 22.7 Å². The van der Waals surface area contributed by atoms with Crippen molar-refractivity contribution in [3.8, 4) is 0 Å². The van der Waals surface area contributed by atoms with Crippen molar-refractivity contribution in [1.29, 1.82) is 0 Å². The first-order valence-corrected chi connectivity index (χ1v) is 9.70.